The molecule has 0 saturated carbocycles. The molecule has 0 spiro atoms. The molecule has 5 rings (SSSR count). The molecule has 0 bridgehead atoms. The Kier molecular flexibility index (Phi) is 7.19. The van der Waals surface area contributed by atoms with Gasteiger partial charge in [0.2, 0.25) is 0 Å². The Labute approximate surface area is 239 Å². The van der Waals surface area contributed by atoms with Gasteiger partial charge < -0.3 is 20.5 Å². The zero-order valence-electron chi connectivity index (χ0n) is 21.7. The van der Waals surface area contributed by atoms with Crippen molar-refractivity contribution in [3.63, 3.8) is 0 Å². The van der Waals surface area contributed by atoms with E-state index >= 15 is 0 Å². The normalized spacial score (nSPS) is 16.6. The van der Waals surface area contributed by atoms with Crippen LogP contribution in [-0.4, -0.2) is 33.3 Å². The van der Waals surface area contributed by atoms with Gasteiger partial charge in [0.15, 0.2) is 5.72 Å². The monoisotopic (exact) mass is 606 g/mol. The van der Waals surface area contributed by atoms with Crippen LogP contribution in [0.25, 0.3) is 17.0 Å². The maximum atomic E-state index is 14.3. The summed E-state index contributed by atoms with van der Waals surface area (Å²) in [6.07, 6.45) is -2.04. The molecule has 1 atom stereocenters. The highest BCUT2D eigenvalue weighted by molar-refractivity contribution is 6.31. The third kappa shape index (κ3) is 4.94. The number of nitrogens with one attached hydrogen (secondary N) is 2. The molecule has 4 aromatic rings. The first-order chi connectivity index (χ1) is 19.7. The van der Waals surface area contributed by atoms with Gasteiger partial charge >= 0.3 is 6.18 Å². The first-order valence-electron chi connectivity index (χ1n) is 12.3. The average molecular weight is 607 g/mol. The zero-order valence-corrected chi connectivity index (χ0v) is 22.5. The lowest BCUT2D eigenvalue weighted by atomic mass is 9.91. The van der Waals surface area contributed by atoms with Crippen molar-refractivity contribution in [2.45, 2.75) is 18.8 Å². The number of nitrogens with zero attached hydrogens (tertiary/aromatic N) is 2. The molecule has 14 heteroatoms. The molecule has 0 saturated heterocycles. The van der Waals surface area contributed by atoms with E-state index in [1.165, 1.54) is 23.1 Å². The quantitative estimate of drug-likeness (QED) is 0.192. The van der Waals surface area contributed by atoms with E-state index in [0.717, 1.165) is 18.2 Å². The second kappa shape index (κ2) is 10.4. The van der Waals surface area contributed by atoms with E-state index < -0.39 is 46.5 Å². The van der Waals surface area contributed by atoms with Crippen molar-refractivity contribution < 1.29 is 41.4 Å². The smallest absolute Gasteiger partial charge is 0.416 e. The van der Waals surface area contributed by atoms with Crippen LogP contribution < -0.4 is 10.6 Å². The summed E-state index contributed by atoms with van der Waals surface area (Å²) >= 11 is 6.27. The van der Waals surface area contributed by atoms with E-state index in [4.69, 9.17) is 16.3 Å². The number of anilines is 1. The number of hydrogen-bond donors (Lipinski definition) is 3. The van der Waals surface area contributed by atoms with Crippen molar-refractivity contribution in [2.75, 3.05) is 11.9 Å². The Morgan fingerprint density at radius 3 is 2.62 bits per heavy atom. The number of amides is 2. The van der Waals surface area contributed by atoms with Gasteiger partial charge in [0.05, 0.1) is 35.4 Å². The predicted octanol–water partition coefficient (Wildman–Crippen LogP) is 5.72. The molecule has 42 heavy (non-hydrogen) atoms. The highest BCUT2D eigenvalue weighted by Crippen LogP contribution is 2.46. The number of aromatic nitrogens is 2. The minimum absolute atomic E-state index is 0.0766. The molecule has 1 unspecified atom stereocenters. The Balaban J connectivity index is 1.76. The third-order valence-electron chi connectivity index (χ3n) is 6.60. The van der Waals surface area contributed by atoms with Crippen molar-refractivity contribution in [2.24, 2.45) is 7.05 Å². The van der Waals surface area contributed by atoms with Crippen molar-refractivity contribution in [3.05, 3.63) is 98.9 Å². The zero-order chi connectivity index (χ0) is 30.6. The highest BCUT2D eigenvalue weighted by Gasteiger charge is 2.48. The van der Waals surface area contributed by atoms with Gasteiger partial charge in [-0.2, -0.15) is 18.3 Å². The molecule has 1 aromatic heterocycles. The lowest BCUT2D eigenvalue weighted by molar-refractivity contribution is -0.137. The Bertz CT molecular complexity index is 1800. The molecule has 1 aliphatic rings. The van der Waals surface area contributed by atoms with E-state index in [0.29, 0.717) is 24.4 Å². The number of halogens is 6. The fraction of sp³-hybridized carbons (Fsp3) is 0.179. The van der Waals surface area contributed by atoms with Crippen molar-refractivity contribution >= 4 is 46.1 Å². The molecule has 2 heterocycles. The second-order valence-corrected chi connectivity index (χ2v) is 9.71. The Hall–Kier alpha value is -4.49. The molecular weight excluding hydrogens is 587 g/mol. The number of carbonyl (C=O) groups excluding carboxylic acids is 2. The largest absolute Gasteiger partial charge is 0.501 e. The summed E-state index contributed by atoms with van der Waals surface area (Å²) in [7, 11) is 1.56. The number of ether oxygens (including phenoxy) is 1. The van der Waals surface area contributed by atoms with Crippen LogP contribution in [0.4, 0.5) is 27.6 Å². The van der Waals surface area contributed by atoms with Gasteiger partial charge in [-0.3, -0.25) is 14.3 Å². The third-order valence-corrected chi connectivity index (χ3v) is 6.93. The molecule has 218 valence electrons. The van der Waals surface area contributed by atoms with E-state index in [1.54, 1.807) is 14.0 Å². The summed E-state index contributed by atoms with van der Waals surface area (Å²) in [4.78, 5) is 26.6. The van der Waals surface area contributed by atoms with Crippen LogP contribution in [0.1, 0.15) is 50.0 Å². The average Bonchev–Trinajstić information content (AvgIpc) is 3.37. The number of carbonyl (C=O) groups is 2. The van der Waals surface area contributed by atoms with Crippen LogP contribution in [0.5, 0.6) is 0 Å². The number of rotatable bonds is 6. The first kappa shape index (κ1) is 29.0. The fourth-order valence-electron chi connectivity index (χ4n) is 4.80. The summed E-state index contributed by atoms with van der Waals surface area (Å²) in [5.41, 5.74) is -5.20. The number of hydrogen-bond acceptors (Lipinski definition) is 5. The summed E-state index contributed by atoms with van der Waals surface area (Å²) in [5.74, 6) is -4.18. The lowest BCUT2D eigenvalue weighted by Gasteiger charge is -2.27. The van der Waals surface area contributed by atoms with Gasteiger partial charge in [-0.05, 0) is 55.5 Å². The molecule has 1 aliphatic heterocycles. The highest BCUT2D eigenvalue weighted by atomic mass is 35.5. The van der Waals surface area contributed by atoms with Gasteiger partial charge in [-0.15, -0.1) is 0 Å². The summed E-state index contributed by atoms with van der Waals surface area (Å²) in [5, 5.41) is 21.1. The maximum Gasteiger partial charge on any atom is 0.416 e. The van der Waals surface area contributed by atoms with Crippen LogP contribution >= 0.6 is 11.6 Å². The van der Waals surface area contributed by atoms with Crippen LogP contribution in [0.3, 0.4) is 0 Å². The minimum atomic E-state index is -4.94. The van der Waals surface area contributed by atoms with Crippen LogP contribution in [0.15, 0.2) is 48.7 Å². The van der Waals surface area contributed by atoms with Gasteiger partial charge in [-0.1, -0.05) is 11.6 Å². The molecule has 3 aromatic carbocycles. The Morgan fingerprint density at radius 2 is 1.93 bits per heavy atom. The van der Waals surface area contributed by atoms with E-state index in [9.17, 15) is 36.6 Å². The molecule has 0 radical (unpaired) electrons. The summed E-state index contributed by atoms with van der Waals surface area (Å²) < 4.78 is 75.0. The Morgan fingerprint density at radius 1 is 1.19 bits per heavy atom. The van der Waals surface area contributed by atoms with E-state index in [1.807, 2.05) is 0 Å². The molecular formula is C28H20ClF5N4O4. The van der Waals surface area contributed by atoms with Gasteiger partial charge in [0.1, 0.15) is 17.2 Å². The minimum Gasteiger partial charge on any atom is -0.501 e. The van der Waals surface area contributed by atoms with E-state index in [-0.39, 0.29) is 44.4 Å². The first-order valence-corrected chi connectivity index (χ1v) is 12.6. The van der Waals surface area contributed by atoms with Crippen LogP contribution in [0.2, 0.25) is 5.02 Å². The van der Waals surface area contributed by atoms with Gasteiger partial charge in [-0.25, -0.2) is 8.78 Å². The molecule has 2 amide bonds. The molecule has 8 nitrogen and oxygen atoms in total. The molecule has 3 N–H and O–H groups in total. The number of alkyl halides is 3. The maximum absolute atomic E-state index is 14.3. The van der Waals surface area contributed by atoms with Crippen LogP contribution in [-0.2, 0) is 23.7 Å². The number of fused-ring (bicyclic) bond motifs is 3. The fourth-order valence-corrected chi connectivity index (χ4v) is 5.05. The lowest BCUT2D eigenvalue weighted by Crippen LogP contribution is -2.41. The number of benzene rings is 3. The SMILES string of the molecule is CCO/C=C/c1c2cc(NC(=O)c3cc(F)cc(C(F)(F)F)c3)c3c(c2nn1C)C(=O)NC3(O)c1cc(F)ccc1Cl. The topological polar surface area (TPSA) is 105 Å². The van der Waals surface area contributed by atoms with Crippen molar-refractivity contribution in [1.82, 2.24) is 15.1 Å². The number of aryl methyl sites for hydroxylation is 1. The van der Waals surface area contributed by atoms with Crippen molar-refractivity contribution in [3.8, 4) is 0 Å². The van der Waals surface area contributed by atoms with Crippen LogP contribution in [0, 0.1) is 11.6 Å². The summed E-state index contributed by atoms with van der Waals surface area (Å²) in [6, 6.07) is 5.67. The predicted molar refractivity (Wildman–Crippen MR) is 143 cm³/mol. The van der Waals surface area contributed by atoms with Gasteiger partial charge in [0, 0.05) is 34.1 Å². The molecule has 0 aliphatic carbocycles. The van der Waals surface area contributed by atoms with Gasteiger partial charge in [0.25, 0.3) is 11.8 Å². The van der Waals surface area contributed by atoms with E-state index in [2.05, 4.69) is 15.7 Å². The molecule has 0 fully saturated rings. The van der Waals surface area contributed by atoms with Crippen molar-refractivity contribution in [1.29, 1.82) is 0 Å². The summed E-state index contributed by atoms with van der Waals surface area (Å²) in [6.45, 7) is 2.10. The standard InChI is InChI=1S/C28H20ClF5N4O4/c1-3-42-7-6-21-17-12-20(35-25(39)13-8-14(28(32,33)34)10-16(31)9-13)23-22(24(17)37-38(21)2)26(40)36-27(23,41)18-11-15(30)4-5-19(18)29/h4-12,41H,3H2,1-2H3,(H,35,39)(H,36,40)/b7-6+. The number of aliphatic hydroxyl groups is 1. The second-order valence-electron chi connectivity index (χ2n) is 9.31.